The van der Waals surface area contributed by atoms with Crippen molar-refractivity contribution < 1.29 is 41.0 Å². The highest BCUT2D eigenvalue weighted by atomic mass is 19.4. The summed E-state index contributed by atoms with van der Waals surface area (Å²) >= 11 is 0. The summed E-state index contributed by atoms with van der Waals surface area (Å²) in [5, 5.41) is 11.7. The van der Waals surface area contributed by atoms with Gasteiger partial charge in [0.25, 0.3) is 0 Å². The lowest BCUT2D eigenvalue weighted by molar-refractivity contribution is -0.288. The van der Waals surface area contributed by atoms with Crippen molar-refractivity contribution in [2.75, 3.05) is 5.32 Å². The van der Waals surface area contributed by atoms with Gasteiger partial charge in [0.2, 0.25) is 5.41 Å². The summed E-state index contributed by atoms with van der Waals surface area (Å²) in [4.78, 5) is 11.9. The standard InChI is InChI=1S/C22H15F6NO3/c23-21(24,25)20(22(26,27)28,14-6-10-17(30)11-7-14)15-8-12-18(13-9-15)32-19(31)29-16-4-2-1-3-5-16/h1-13,30H,(H,29,31). The number of benzene rings is 3. The number of nitrogens with one attached hydrogen (secondary N) is 1. The number of aromatic hydroxyl groups is 1. The van der Waals surface area contributed by atoms with Crippen molar-refractivity contribution in [2.45, 2.75) is 17.8 Å². The quantitative estimate of drug-likeness (QED) is 0.447. The van der Waals surface area contributed by atoms with E-state index < -0.39 is 40.7 Å². The maximum Gasteiger partial charge on any atom is 0.417 e. The zero-order valence-corrected chi connectivity index (χ0v) is 16.0. The molecule has 4 nitrogen and oxygen atoms in total. The van der Waals surface area contributed by atoms with Crippen LogP contribution >= 0.6 is 0 Å². The molecule has 0 atom stereocenters. The van der Waals surface area contributed by atoms with Crippen molar-refractivity contribution in [3.63, 3.8) is 0 Å². The molecule has 0 fully saturated rings. The summed E-state index contributed by atoms with van der Waals surface area (Å²) < 4.78 is 89.0. The number of hydrogen-bond acceptors (Lipinski definition) is 3. The zero-order valence-electron chi connectivity index (χ0n) is 16.0. The average molecular weight is 455 g/mol. The molecule has 0 saturated heterocycles. The lowest BCUT2D eigenvalue weighted by Gasteiger charge is -2.38. The monoisotopic (exact) mass is 455 g/mol. The highest BCUT2D eigenvalue weighted by Gasteiger charge is 2.72. The maximum absolute atomic E-state index is 14.0. The highest BCUT2D eigenvalue weighted by Crippen LogP contribution is 2.56. The minimum atomic E-state index is -5.77. The molecule has 32 heavy (non-hydrogen) atoms. The normalized spacial score (nSPS) is 12.3. The van der Waals surface area contributed by atoms with Gasteiger partial charge in [-0.1, -0.05) is 42.5 Å². The molecule has 3 aromatic rings. The van der Waals surface area contributed by atoms with Crippen LogP contribution in [0.1, 0.15) is 11.1 Å². The number of phenols is 1. The summed E-state index contributed by atoms with van der Waals surface area (Å²) in [7, 11) is 0. The van der Waals surface area contributed by atoms with Gasteiger partial charge in [-0.3, -0.25) is 5.32 Å². The number of anilines is 1. The van der Waals surface area contributed by atoms with Gasteiger partial charge in [0, 0.05) is 5.69 Å². The molecule has 0 heterocycles. The van der Waals surface area contributed by atoms with Crippen LogP contribution in [0.4, 0.5) is 36.8 Å². The van der Waals surface area contributed by atoms with E-state index in [1.807, 2.05) is 0 Å². The molecule has 2 N–H and O–H groups in total. The molecule has 3 rings (SSSR count). The molecule has 0 aliphatic carbocycles. The van der Waals surface area contributed by atoms with Crippen LogP contribution in [0.25, 0.3) is 0 Å². The van der Waals surface area contributed by atoms with E-state index in [2.05, 4.69) is 5.32 Å². The molecule has 0 spiro atoms. The molecule has 168 valence electrons. The summed E-state index contributed by atoms with van der Waals surface area (Å²) in [5.41, 5.74) is -6.22. The number of alkyl halides is 6. The first-order valence-electron chi connectivity index (χ1n) is 9.02. The van der Waals surface area contributed by atoms with E-state index in [1.165, 1.54) is 0 Å². The van der Waals surface area contributed by atoms with Gasteiger partial charge in [-0.05, 0) is 47.5 Å². The van der Waals surface area contributed by atoms with Crippen LogP contribution in [0.5, 0.6) is 11.5 Å². The molecule has 0 aliphatic rings. The van der Waals surface area contributed by atoms with Gasteiger partial charge < -0.3 is 9.84 Å². The van der Waals surface area contributed by atoms with E-state index in [9.17, 15) is 36.2 Å². The van der Waals surface area contributed by atoms with E-state index >= 15 is 0 Å². The second-order valence-electron chi connectivity index (χ2n) is 6.70. The molecule has 3 aromatic carbocycles. The van der Waals surface area contributed by atoms with Crippen molar-refractivity contribution in [2.24, 2.45) is 0 Å². The second kappa shape index (κ2) is 8.45. The Morgan fingerprint density at radius 2 is 1.19 bits per heavy atom. The molecular formula is C22H15F6NO3. The van der Waals surface area contributed by atoms with Gasteiger partial charge in [0.15, 0.2) is 0 Å². The SMILES string of the molecule is O=C(Nc1ccccc1)Oc1ccc(C(c2ccc(O)cc2)(C(F)(F)F)C(F)(F)F)cc1. The highest BCUT2D eigenvalue weighted by molar-refractivity contribution is 5.86. The Hall–Kier alpha value is -3.69. The van der Waals surface area contributed by atoms with Crippen LogP contribution in [0.3, 0.4) is 0 Å². The first-order chi connectivity index (χ1) is 14.9. The predicted octanol–water partition coefficient (Wildman–Crippen LogP) is 6.41. The van der Waals surface area contributed by atoms with Gasteiger partial charge in [0.05, 0.1) is 0 Å². The summed E-state index contributed by atoms with van der Waals surface area (Å²) in [6.07, 6.45) is -12.5. The number of rotatable bonds is 4. The summed E-state index contributed by atoms with van der Waals surface area (Å²) in [6, 6.07) is 13.6. The Balaban J connectivity index is 1.98. The van der Waals surface area contributed by atoms with Gasteiger partial charge in [-0.15, -0.1) is 0 Å². The second-order valence-corrected chi connectivity index (χ2v) is 6.70. The number of para-hydroxylation sites is 1. The van der Waals surface area contributed by atoms with Crippen molar-refractivity contribution in [1.29, 1.82) is 0 Å². The number of halogens is 6. The fourth-order valence-corrected chi connectivity index (χ4v) is 3.24. The molecule has 0 radical (unpaired) electrons. The van der Waals surface area contributed by atoms with Crippen LogP contribution in [0.15, 0.2) is 78.9 Å². The molecule has 0 aliphatic heterocycles. The molecule has 0 unspecified atom stereocenters. The molecule has 0 aromatic heterocycles. The summed E-state index contributed by atoms with van der Waals surface area (Å²) in [5.74, 6) is -0.744. The molecular weight excluding hydrogens is 440 g/mol. The average Bonchev–Trinajstić information content (AvgIpc) is 2.70. The zero-order chi connectivity index (χ0) is 23.6. The Morgan fingerprint density at radius 3 is 1.66 bits per heavy atom. The predicted molar refractivity (Wildman–Crippen MR) is 104 cm³/mol. The minimum Gasteiger partial charge on any atom is -0.508 e. The summed E-state index contributed by atoms with van der Waals surface area (Å²) in [6.45, 7) is 0. The maximum atomic E-state index is 14.0. The topological polar surface area (TPSA) is 58.6 Å². The number of phenolic OH excluding ortho intramolecular Hbond substituents is 1. The molecule has 0 bridgehead atoms. The van der Waals surface area contributed by atoms with Crippen molar-refractivity contribution in [3.8, 4) is 11.5 Å². The third-order valence-electron chi connectivity index (χ3n) is 4.67. The van der Waals surface area contributed by atoms with Crippen LogP contribution in [0, 0.1) is 0 Å². The fraction of sp³-hybridized carbons (Fsp3) is 0.136. The number of carbonyl (C=O) groups excluding carboxylic acids is 1. The van der Waals surface area contributed by atoms with Crippen molar-refractivity contribution in [3.05, 3.63) is 90.0 Å². The Labute approximate surface area is 178 Å². The number of ether oxygens (including phenoxy) is 1. The Morgan fingerprint density at radius 1 is 0.719 bits per heavy atom. The number of amides is 1. The number of hydrogen-bond donors (Lipinski definition) is 2. The Kier molecular flexibility index (Phi) is 6.07. The molecule has 1 amide bonds. The first kappa shape index (κ1) is 23.0. The van der Waals surface area contributed by atoms with Gasteiger partial charge in [-0.2, -0.15) is 26.3 Å². The van der Waals surface area contributed by atoms with E-state index in [-0.39, 0.29) is 5.75 Å². The van der Waals surface area contributed by atoms with Crippen LogP contribution in [-0.4, -0.2) is 23.6 Å². The fourth-order valence-electron chi connectivity index (χ4n) is 3.24. The molecule has 10 heteroatoms. The van der Waals surface area contributed by atoms with Crippen molar-refractivity contribution >= 4 is 11.8 Å². The van der Waals surface area contributed by atoms with Gasteiger partial charge in [0.1, 0.15) is 11.5 Å². The number of carbonyl (C=O) groups is 1. The van der Waals surface area contributed by atoms with E-state index in [4.69, 9.17) is 4.74 Å². The van der Waals surface area contributed by atoms with E-state index in [0.717, 1.165) is 24.3 Å². The third kappa shape index (κ3) is 4.34. The van der Waals surface area contributed by atoms with E-state index in [0.29, 0.717) is 30.0 Å². The Bertz CT molecular complexity index is 1050. The van der Waals surface area contributed by atoms with Gasteiger partial charge in [-0.25, -0.2) is 4.79 Å². The molecule has 0 saturated carbocycles. The van der Waals surface area contributed by atoms with Crippen LogP contribution in [0.2, 0.25) is 0 Å². The first-order valence-corrected chi connectivity index (χ1v) is 9.02. The van der Waals surface area contributed by atoms with Crippen molar-refractivity contribution in [1.82, 2.24) is 0 Å². The largest absolute Gasteiger partial charge is 0.508 e. The minimum absolute atomic E-state index is 0.258. The smallest absolute Gasteiger partial charge is 0.417 e. The van der Waals surface area contributed by atoms with Crippen LogP contribution in [-0.2, 0) is 5.41 Å². The lowest BCUT2D eigenvalue weighted by atomic mass is 9.73. The van der Waals surface area contributed by atoms with Crippen LogP contribution < -0.4 is 10.1 Å². The lowest BCUT2D eigenvalue weighted by Crippen LogP contribution is -2.54. The third-order valence-corrected chi connectivity index (χ3v) is 4.67. The van der Waals surface area contributed by atoms with Gasteiger partial charge >= 0.3 is 18.4 Å². The van der Waals surface area contributed by atoms with E-state index in [1.54, 1.807) is 30.3 Å².